The van der Waals surface area contributed by atoms with E-state index in [-0.39, 0.29) is 29.8 Å². The third-order valence-corrected chi connectivity index (χ3v) is 9.61. The quantitative estimate of drug-likeness (QED) is 0.318. The molecule has 1 fully saturated rings. The molecule has 1 aliphatic heterocycles. The molecular weight excluding hydrogens is 532 g/mol. The number of anilines is 1. The predicted molar refractivity (Wildman–Crippen MR) is 145 cm³/mol. The fraction of sp³-hybridized carbons (Fsp3) is 0.269. The maximum Gasteiger partial charge on any atom is 0.243 e. The molecule has 1 saturated heterocycles. The summed E-state index contributed by atoms with van der Waals surface area (Å²) in [7, 11) is -2.06. The Morgan fingerprint density at radius 1 is 1.14 bits per heavy atom. The Hall–Kier alpha value is -3.05. The number of sulfonamides is 1. The Morgan fingerprint density at radius 3 is 2.57 bits per heavy atom. The third-order valence-electron chi connectivity index (χ3n) is 6.41. The molecule has 8 nitrogen and oxygen atoms in total. The van der Waals surface area contributed by atoms with Gasteiger partial charge in [0.15, 0.2) is 5.13 Å². The Labute approximate surface area is 224 Å². The fourth-order valence-corrected chi connectivity index (χ4v) is 7.01. The van der Waals surface area contributed by atoms with E-state index in [9.17, 15) is 13.2 Å². The molecular formula is C26H25ClN4O4S2. The molecule has 5 rings (SSSR count). The van der Waals surface area contributed by atoms with Gasteiger partial charge in [-0.3, -0.25) is 14.7 Å². The van der Waals surface area contributed by atoms with Crippen molar-refractivity contribution in [1.29, 1.82) is 0 Å². The molecule has 0 atom stereocenters. The number of carbonyl (C=O) groups is 1. The number of pyridine rings is 1. The molecule has 0 bridgehead atoms. The van der Waals surface area contributed by atoms with E-state index in [1.165, 1.54) is 27.8 Å². The van der Waals surface area contributed by atoms with Gasteiger partial charge < -0.3 is 4.74 Å². The number of ether oxygens (including phenoxy) is 1. The van der Waals surface area contributed by atoms with Gasteiger partial charge in [0.25, 0.3) is 0 Å². The predicted octanol–water partition coefficient (Wildman–Crippen LogP) is 4.99. The summed E-state index contributed by atoms with van der Waals surface area (Å²) in [5.41, 5.74) is 1.59. The monoisotopic (exact) mass is 556 g/mol. The number of thiazole rings is 1. The first-order chi connectivity index (χ1) is 17.9. The minimum Gasteiger partial charge on any atom is -0.494 e. The number of amides is 1. The maximum atomic E-state index is 13.9. The van der Waals surface area contributed by atoms with Gasteiger partial charge in [0.1, 0.15) is 11.3 Å². The molecule has 3 heterocycles. The highest BCUT2D eigenvalue weighted by molar-refractivity contribution is 7.89. The summed E-state index contributed by atoms with van der Waals surface area (Å²) in [5, 5.41) is 1.05. The number of rotatable bonds is 7. The van der Waals surface area contributed by atoms with Gasteiger partial charge in [-0.15, -0.1) is 0 Å². The lowest BCUT2D eigenvalue weighted by Gasteiger charge is -2.33. The number of benzene rings is 2. The van der Waals surface area contributed by atoms with Crippen LogP contribution in [0.15, 0.2) is 71.9 Å². The summed E-state index contributed by atoms with van der Waals surface area (Å²) in [6.07, 6.45) is 4.26. The van der Waals surface area contributed by atoms with Crippen LogP contribution >= 0.6 is 22.9 Å². The van der Waals surface area contributed by atoms with Crippen molar-refractivity contribution >= 4 is 54.2 Å². The average molecular weight is 557 g/mol. The molecule has 0 unspecified atom stereocenters. The van der Waals surface area contributed by atoms with Gasteiger partial charge in [0.2, 0.25) is 15.9 Å². The molecule has 1 amide bonds. The van der Waals surface area contributed by atoms with Crippen LogP contribution in [-0.4, -0.2) is 48.8 Å². The van der Waals surface area contributed by atoms with E-state index in [0.29, 0.717) is 40.8 Å². The van der Waals surface area contributed by atoms with E-state index in [0.717, 1.165) is 10.3 Å². The fourth-order valence-electron chi connectivity index (χ4n) is 4.42. The first-order valence-corrected chi connectivity index (χ1v) is 14.4. The van der Waals surface area contributed by atoms with Crippen LogP contribution in [0.1, 0.15) is 18.4 Å². The molecule has 0 spiro atoms. The number of halogens is 1. The van der Waals surface area contributed by atoms with Crippen molar-refractivity contribution in [2.24, 2.45) is 5.92 Å². The number of hydrogen-bond donors (Lipinski definition) is 0. The van der Waals surface area contributed by atoms with Gasteiger partial charge in [-0.2, -0.15) is 4.31 Å². The van der Waals surface area contributed by atoms with Crippen molar-refractivity contribution in [2.45, 2.75) is 24.3 Å². The second-order valence-electron chi connectivity index (χ2n) is 8.72. The van der Waals surface area contributed by atoms with Gasteiger partial charge in [-0.25, -0.2) is 13.4 Å². The second kappa shape index (κ2) is 10.7. The standard InChI is InChI=1S/C26H25ClN4O4S2/c1-35-22-5-2-6-23-24(22)29-26(36-23)31(17-18-4-3-13-28-16-18)25(32)19-11-14-30(15-12-19)37(33,34)21-9-7-20(27)8-10-21/h2-10,13,16,19H,11-12,14-15,17H2,1H3. The second-order valence-corrected chi connectivity index (χ2v) is 12.1. The number of carbonyl (C=O) groups excluding carboxylic acids is 1. The van der Waals surface area contributed by atoms with Crippen LogP contribution in [0.2, 0.25) is 5.02 Å². The van der Waals surface area contributed by atoms with Crippen molar-refractivity contribution in [2.75, 3.05) is 25.1 Å². The minimum atomic E-state index is -3.66. The van der Waals surface area contributed by atoms with E-state index in [1.54, 1.807) is 36.5 Å². The zero-order valence-electron chi connectivity index (χ0n) is 20.1. The van der Waals surface area contributed by atoms with Gasteiger partial charge in [0, 0.05) is 36.4 Å². The highest BCUT2D eigenvalue weighted by Gasteiger charge is 2.35. The van der Waals surface area contributed by atoms with Crippen molar-refractivity contribution in [3.05, 3.63) is 77.6 Å². The van der Waals surface area contributed by atoms with Crippen molar-refractivity contribution in [3.63, 3.8) is 0 Å². The highest BCUT2D eigenvalue weighted by Crippen LogP contribution is 2.36. The Bertz CT molecular complexity index is 1500. The molecule has 2 aromatic carbocycles. The summed E-state index contributed by atoms with van der Waals surface area (Å²) in [4.78, 5) is 24.7. The molecule has 4 aromatic rings. The van der Waals surface area contributed by atoms with Crippen molar-refractivity contribution in [3.8, 4) is 5.75 Å². The Morgan fingerprint density at radius 2 is 1.89 bits per heavy atom. The lowest BCUT2D eigenvalue weighted by molar-refractivity contribution is -0.123. The summed E-state index contributed by atoms with van der Waals surface area (Å²) in [6, 6.07) is 15.6. The van der Waals surface area contributed by atoms with Crippen LogP contribution in [0.25, 0.3) is 10.2 Å². The van der Waals surface area contributed by atoms with Crippen LogP contribution < -0.4 is 9.64 Å². The topological polar surface area (TPSA) is 92.7 Å². The first-order valence-electron chi connectivity index (χ1n) is 11.8. The summed E-state index contributed by atoms with van der Waals surface area (Å²) in [5.74, 6) is 0.238. The lowest BCUT2D eigenvalue weighted by Crippen LogP contribution is -2.44. The number of hydrogen-bond acceptors (Lipinski definition) is 7. The van der Waals surface area contributed by atoms with Crippen LogP contribution in [0, 0.1) is 5.92 Å². The summed E-state index contributed by atoms with van der Waals surface area (Å²) < 4.78 is 34.0. The number of nitrogens with zero attached hydrogens (tertiary/aromatic N) is 4. The van der Waals surface area contributed by atoms with Crippen LogP contribution in [0.5, 0.6) is 5.75 Å². The van der Waals surface area contributed by atoms with Gasteiger partial charge >= 0.3 is 0 Å². The SMILES string of the molecule is COc1cccc2sc(N(Cc3cccnc3)C(=O)C3CCN(S(=O)(=O)c4ccc(Cl)cc4)CC3)nc12. The third kappa shape index (κ3) is 5.33. The molecule has 0 aliphatic carbocycles. The lowest BCUT2D eigenvalue weighted by atomic mass is 9.96. The van der Waals surface area contributed by atoms with E-state index in [1.807, 2.05) is 30.3 Å². The molecule has 0 N–H and O–H groups in total. The maximum absolute atomic E-state index is 13.9. The molecule has 0 radical (unpaired) electrons. The number of piperidine rings is 1. The number of aromatic nitrogens is 2. The smallest absolute Gasteiger partial charge is 0.243 e. The average Bonchev–Trinajstić information content (AvgIpc) is 3.36. The van der Waals surface area contributed by atoms with E-state index < -0.39 is 10.0 Å². The minimum absolute atomic E-state index is 0.0783. The number of para-hydroxylation sites is 1. The molecule has 1 aliphatic rings. The number of methoxy groups -OCH3 is 1. The molecule has 2 aromatic heterocycles. The van der Waals surface area contributed by atoms with Crippen molar-refractivity contribution < 1.29 is 17.9 Å². The Balaban J connectivity index is 1.38. The molecule has 0 saturated carbocycles. The first kappa shape index (κ1) is 25.6. The molecule has 37 heavy (non-hydrogen) atoms. The van der Waals surface area contributed by atoms with Crippen LogP contribution in [0.3, 0.4) is 0 Å². The summed E-state index contributed by atoms with van der Waals surface area (Å²) in [6.45, 7) is 0.837. The molecule has 192 valence electrons. The van der Waals surface area contributed by atoms with Gasteiger partial charge in [0.05, 0.1) is 23.2 Å². The zero-order chi connectivity index (χ0) is 26.0. The number of fused-ring (bicyclic) bond motifs is 1. The largest absolute Gasteiger partial charge is 0.494 e. The van der Waals surface area contributed by atoms with E-state index in [4.69, 9.17) is 21.3 Å². The zero-order valence-corrected chi connectivity index (χ0v) is 22.5. The van der Waals surface area contributed by atoms with Crippen LogP contribution in [-0.2, 0) is 21.4 Å². The van der Waals surface area contributed by atoms with Crippen LogP contribution in [0.4, 0.5) is 5.13 Å². The highest BCUT2D eigenvalue weighted by atomic mass is 35.5. The molecule has 11 heteroatoms. The van der Waals surface area contributed by atoms with Gasteiger partial charge in [-0.05, 0) is 60.9 Å². The summed E-state index contributed by atoms with van der Waals surface area (Å²) >= 11 is 7.34. The van der Waals surface area contributed by atoms with Gasteiger partial charge in [-0.1, -0.05) is 35.1 Å². The van der Waals surface area contributed by atoms with Crippen molar-refractivity contribution in [1.82, 2.24) is 14.3 Å². The Kier molecular flexibility index (Phi) is 7.43. The normalized spacial score (nSPS) is 15.1. The van der Waals surface area contributed by atoms with E-state index >= 15 is 0 Å². The van der Waals surface area contributed by atoms with E-state index in [2.05, 4.69) is 4.98 Å².